The maximum Gasteiger partial charge on any atom is 0.294 e. The number of amides is 2. The summed E-state index contributed by atoms with van der Waals surface area (Å²) in [7, 11) is 0. The number of hydrogen-bond donors (Lipinski definition) is 0. The summed E-state index contributed by atoms with van der Waals surface area (Å²) >= 11 is 6.86. The van der Waals surface area contributed by atoms with E-state index in [1.165, 1.54) is 21.6 Å². The number of rotatable bonds is 9. The van der Waals surface area contributed by atoms with E-state index in [-0.39, 0.29) is 17.4 Å². The van der Waals surface area contributed by atoms with Crippen LogP contribution in [0, 0.1) is 0 Å². The number of fused-ring (bicyclic) bond motifs is 1. The van der Waals surface area contributed by atoms with Crippen molar-refractivity contribution >= 4 is 53.1 Å². The second-order valence-corrected chi connectivity index (χ2v) is 8.37. The second-order valence-electron chi connectivity index (χ2n) is 6.97. The molecule has 0 aliphatic carbocycles. The summed E-state index contributed by atoms with van der Waals surface area (Å²) in [5.74, 6) is -0.782. The zero-order valence-electron chi connectivity index (χ0n) is 17.1. The van der Waals surface area contributed by atoms with E-state index in [9.17, 15) is 14.4 Å². The van der Waals surface area contributed by atoms with Gasteiger partial charge in [0, 0.05) is 18.0 Å². The van der Waals surface area contributed by atoms with Gasteiger partial charge in [0.05, 0.1) is 5.69 Å². The van der Waals surface area contributed by atoms with E-state index in [1.807, 2.05) is 38.1 Å². The van der Waals surface area contributed by atoms with Gasteiger partial charge in [-0.05, 0) is 37.2 Å². The van der Waals surface area contributed by atoms with Crippen LogP contribution in [0.5, 0.6) is 0 Å². The smallest absolute Gasteiger partial charge is 0.294 e. The first kappa shape index (κ1) is 22.3. The number of anilines is 1. The van der Waals surface area contributed by atoms with Gasteiger partial charge < -0.3 is 4.74 Å². The lowest BCUT2D eigenvalue weighted by atomic mass is 10.1. The van der Waals surface area contributed by atoms with Crippen molar-refractivity contribution in [3.05, 3.63) is 34.9 Å². The third-order valence-electron chi connectivity index (χ3n) is 4.94. The first-order valence-electron chi connectivity index (χ1n) is 10.1. The molecule has 1 fully saturated rings. The predicted molar refractivity (Wildman–Crippen MR) is 120 cm³/mol. The van der Waals surface area contributed by atoms with Crippen LogP contribution in [0.3, 0.4) is 0 Å². The summed E-state index contributed by atoms with van der Waals surface area (Å²) in [6.07, 6.45) is 3.38. The van der Waals surface area contributed by atoms with Crippen molar-refractivity contribution in [2.24, 2.45) is 0 Å². The molecule has 0 bridgehead atoms. The maximum atomic E-state index is 13.4. The summed E-state index contributed by atoms with van der Waals surface area (Å²) in [5, 5.41) is 0.742. The Morgan fingerprint density at radius 2 is 1.60 bits per heavy atom. The number of benzene rings is 1. The number of para-hydroxylation sites is 1. The fourth-order valence-corrected chi connectivity index (χ4v) is 4.87. The molecule has 30 heavy (non-hydrogen) atoms. The molecule has 0 atom stereocenters. The molecular formula is C21H25N3O4S2. The zero-order valence-corrected chi connectivity index (χ0v) is 18.8. The van der Waals surface area contributed by atoms with Crippen LogP contribution in [-0.4, -0.2) is 53.0 Å². The van der Waals surface area contributed by atoms with E-state index in [2.05, 4.69) is 0 Å². The van der Waals surface area contributed by atoms with Gasteiger partial charge >= 0.3 is 0 Å². The fourth-order valence-electron chi connectivity index (χ4n) is 3.34. The Kier molecular flexibility index (Phi) is 7.49. The Bertz CT molecular complexity index is 855. The highest BCUT2D eigenvalue weighted by molar-refractivity contribution is 8.03. The quantitative estimate of drug-likeness (QED) is 0.248. The van der Waals surface area contributed by atoms with Gasteiger partial charge in [-0.3, -0.25) is 29.1 Å². The molecule has 2 heterocycles. The zero-order chi connectivity index (χ0) is 21.7. The van der Waals surface area contributed by atoms with Crippen LogP contribution in [0.1, 0.15) is 39.5 Å². The Balaban J connectivity index is 2.08. The molecule has 2 amide bonds. The molecule has 0 aromatic heterocycles. The molecular weight excluding hydrogens is 422 g/mol. The van der Waals surface area contributed by atoms with E-state index in [0.29, 0.717) is 24.6 Å². The van der Waals surface area contributed by atoms with Crippen LogP contribution in [0.2, 0.25) is 0 Å². The molecule has 160 valence electrons. The number of unbranched alkanes of at least 4 members (excludes halogenated alkanes) is 2. The molecule has 9 heteroatoms. The van der Waals surface area contributed by atoms with Crippen molar-refractivity contribution in [3.63, 3.8) is 0 Å². The minimum atomic E-state index is -0.391. The van der Waals surface area contributed by atoms with E-state index in [4.69, 9.17) is 17.0 Å². The van der Waals surface area contributed by atoms with Crippen molar-refractivity contribution < 1.29 is 19.1 Å². The SMILES string of the molecule is CCCCN1C(=O)C(=C2Sc3ccccc3N2COC=O)C(=O)N(CCCC)C1=S. The van der Waals surface area contributed by atoms with Crippen LogP contribution in [-0.2, 0) is 19.1 Å². The highest BCUT2D eigenvalue weighted by atomic mass is 32.2. The van der Waals surface area contributed by atoms with Gasteiger partial charge in [-0.25, -0.2) is 0 Å². The topological polar surface area (TPSA) is 70.2 Å². The summed E-state index contributed by atoms with van der Waals surface area (Å²) in [6.45, 7) is 5.28. The molecule has 3 rings (SSSR count). The average Bonchev–Trinajstić information content (AvgIpc) is 3.10. The molecule has 2 aliphatic heterocycles. The Hall–Kier alpha value is -2.39. The highest BCUT2D eigenvalue weighted by Crippen LogP contribution is 2.47. The fraction of sp³-hybridized carbons (Fsp3) is 0.429. The average molecular weight is 448 g/mol. The van der Waals surface area contributed by atoms with E-state index >= 15 is 0 Å². The van der Waals surface area contributed by atoms with Gasteiger partial charge in [0.2, 0.25) is 0 Å². The van der Waals surface area contributed by atoms with E-state index in [0.717, 1.165) is 36.3 Å². The third-order valence-corrected chi connectivity index (χ3v) is 6.57. The lowest BCUT2D eigenvalue weighted by Crippen LogP contribution is -2.57. The number of thioether (sulfide) groups is 1. The third kappa shape index (κ3) is 4.22. The lowest BCUT2D eigenvalue weighted by Gasteiger charge is -2.37. The summed E-state index contributed by atoms with van der Waals surface area (Å²) < 4.78 is 4.99. The minimum absolute atomic E-state index is 0.0755. The number of ether oxygens (including phenoxy) is 1. The molecule has 0 radical (unpaired) electrons. The van der Waals surface area contributed by atoms with Crippen molar-refractivity contribution in [2.75, 3.05) is 24.7 Å². The molecule has 1 aromatic rings. The van der Waals surface area contributed by atoms with Crippen LogP contribution in [0.15, 0.2) is 39.8 Å². The molecule has 0 unspecified atom stereocenters. The first-order chi connectivity index (χ1) is 14.5. The number of hydrogen-bond acceptors (Lipinski definition) is 7. The van der Waals surface area contributed by atoms with Gasteiger partial charge in [0.1, 0.15) is 10.6 Å². The van der Waals surface area contributed by atoms with Gasteiger partial charge in [-0.1, -0.05) is 50.6 Å². The van der Waals surface area contributed by atoms with Gasteiger partial charge in [0.15, 0.2) is 11.8 Å². The van der Waals surface area contributed by atoms with Crippen LogP contribution >= 0.6 is 24.0 Å². The standard InChI is InChI=1S/C21H25N3O4S2/c1-3-5-11-22-18(26)17(19(27)23(21(22)29)12-6-4-2)20-24(13-28-14-25)15-9-7-8-10-16(15)30-20/h7-10,14H,3-6,11-13H2,1-2H3. The highest BCUT2D eigenvalue weighted by Gasteiger charge is 2.43. The lowest BCUT2D eigenvalue weighted by molar-refractivity contribution is -0.134. The minimum Gasteiger partial charge on any atom is -0.446 e. The molecule has 7 nitrogen and oxygen atoms in total. The Labute approximate surface area is 186 Å². The van der Waals surface area contributed by atoms with Crippen LogP contribution in [0.4, 0.5) is 5.69 Å². The van der Waals surface area contributed by atoms with Crippen LogP contribution < -0.4 is 4.90 Å². The van der Waals surface area contributed by atoms with Crippen molar-refractivity contribution in [2.45, 2.75) is 44.4 Å². The molecule has 1 aromatic carbocycles. The molecule has 1 saturated heterocycles. The summed E-state index contributed by atoms with van der Waals surface area (Å²) in [5.41, 5.74) is 0.868. The molecule has 0 saturated carbocycles. The first-order valence-corrected chi connectivity index (χ1v) is 11.3. The normalized spacial score (nSPS) is 16.5. The number of nitrogens with zero attached hydrogens (tertiary/aromatic N) is 3. The Morgan fingerprint density at radius 3 is 2.17 bits per heavy atom. The van der Waals surface area contributed by atoms with Gasteiger partial charge in [-0.2, -0.15) is 0 Å². The number of thiocarbonyl (C=S) groups is 1. The molecule has 2 aliphatic rings. The van der Waals surface area contributed by atoms with Crippen molar-refractivity contribution in [1.29, 1.82) is 0 Å². The largest absolute Gasteiger partial charge is 0.446 e. The number of carbonyl (C=O) groups excluding carboxylic acids is 3. The second kappa shape index (κ2) is 10.1. The van der Waals surface area contributed by atoms with E-state index in [1.54, 1.807) is 4.90 Å². The van der Waals surface area contributed by atoms with Crippen molar-refractivity contribution in [3.8, 4) is 0 Å². The molecule has 0 N–H and O–H groups in total. The van der Waals surface area contributed by atoms with Crippen LogP contribution in [0.25, 0.3) is 0 Å². The summed E-state index contributed by atoms with van der Waals surface area (Å²) in [4.78, 5) is 43.3. The van der Waals surface area contributed by atoms with Gasteiger partial charge in [0.25, 0.3) is 18.3 Å². The summed E-state index contributed by atoms with van der Waals surface area (Å²) in [6, 6.07) is 7.53. The van der Waals surface area contributed by atoms with E-state index < -0.39 is 11.8 Å². The molecule has 0 spiro atoms. The maximum absolute atomic E-state index is 13.4. The van der Waals surface area contributed by atoms with Gasteiger partial charge in [-0.15, -0.1) is 0 Å². The number of carbonyl (C=O) groups is 3. The predicted octanol–water partition coefficient (Wildman–Crippen LogP) is 3.50. The van der Waals surface area contributed by atoms with Crippen molar-refractivity contribution in [1.82, 2.24) is 9.80 Å². The Morgan fingerprint density at radius 1 is 1.00 bits per heavy atom. The monoisotopic (exact) mass is 447 g/mol.